The van der Waals surface area contributed by atoms with Crippen LogP contribution in [0.25, 0.3) is 0 Å². The van der Waals surface area contributed by atoms with Gasteiger partial charge < -0.3 is 9.84 Å². The lowest BCUT2D eigenvalue weighted by molar-refractivity contribution is -0.0101. The van der Waals surface area contributed by atoms with E-state index in [-0.39, 0.29) is 12.7 Å². The standard InChI is InChI=1S/C3H6Cl2O2/c4-1-3(5)7-2-6/h3,6H,1-2H2. The number of aliphatic hydroxyl groups is 1. The second-order valence-corrected chi connectivity index (χ2v) is 1.66. The summed E-state index contributed by atoms with van der Waals surface area (Å²) in [6, 6.07) is 0. The van der Waals surface area contributed by atoms with Gasteiger partial charge in [0.15, 0.2) is 0 Å². The molecule has 0 heterocycles. The molecule has 1 atom stereocenters. The zero-order chi connectivity index (χ0) is 5.70. The molecule has 0 aliphatic heterocycles. The number of hydrogen-bond donors (Lipinski definition) is 1. The van der Waals surface area contributed by atoms with Crippen LogP contribution in [-0.4, -0.2) is 23.3 Å². The third-order valence-electron chi connectivity index (χ3n) is 0.377. The molecule has 0 aromatic heterocycles. The molecule has 0 bridgehead atoms. The number of halogens is 2. The third-order valence-corrected chi connectivity index (χ3v) is 1.10. The Morgan fingerprint density at radius 3 is 2.43 bits per heavy atom. The van der Waals surface area contributed by atoms with Gasteiger partial charge in [-0.15, -0.1) is 11.6 Å². The van der Waals surface area contributed by atoms with Gasteiger partial charge in [0, 0.05) is 0 Å². The highest BCUT2D eigenvalue weighted by Crippen LogP contribution is 1.98. The quantitative estimate of drug-likeness (QED) is 0.469. The Bertz CT molecular complexity index is 41.9. The molecule has 1 unspecified atom stereocenters. The van der Waals surface area contributed by atoms with Crippen LogP contribution in [0.2, 0.25) is 0 Å². The second-order valence-electron chi connectivity index (χ2n) is 0.860. The fraction of sp³-hybridized carbons (Fsp3) is 1.00. The third kappa shape index (κ3) is 4.35. The topological polar surface area (TPSA) is 29.5 Å². The molecular weight excluding hydrogens is 139 g/mol. The van der Waals surface area contributed by atoms with Gasteiger partial charge in [-0.1, -0.05) is 11.6 Å². The normalized spacial score (nSPS) is 14.1. The summed E-state index contributed by atoms with van der Waals surface area (Å²) in [6.07, 6.45) is 0. The minimum absolute atomic E-state index is 0.197. The van der Waals surface area contributed by atoms with Crippen LogP contribution in [0.5, 0.6) is 0 Å². The summed E-state index contributed by atoms with van der Waals surface area (Å²) in [4.78, 5) is 0. The fourth-order valence-corrected chi connectivity index (χ4v) is 0.271. The first-order chi connectivity index (χ1) is 3.31. The predicted octanol–water partition coefficient (Wildman–Crippen LogP) is 0.756. The van der Waals surface area contributed by atoms with Gasteiger partial charge in [-0.2, -0.15) is 0 Å². The van der Waals surface area contributed by atoms with Crippen molar-refractivity contribution in [1.82, 2.24) is 0 Å². The van der Waals surface area contributed by atoms with Crippen molar-refractivity contribution >= 4 is 23.2 Å². The van der Waals surface area contributed by atoms with Crippen molar-refractivity contribution in [2.45, 2.75) is 5.56 Å². The maximum absolute atomic E-state index is 8.00. The van der Waals surface area contributed by atoms with E-state index >= 15 is 0 Å². The molecule has 0 aliphatic carbocycles. The summed E-state index contributed by atoms with van der Waals surface area (Å²) in [7, 11) is 0. The van der Waals surface area contributed by atoms with Crippen molar-refractivity contribution in [1.29, 1.82) is 0 Å². The number of aliphatic hydroxyl groups excluding tert-OH is 1. The predicted molar refractivity (Wildman–Crippen MR) is 28.5 cm³/mol. The lowest BCUT2D eigenvalue weighted by Gasteiger charge is -2.00. The van der Waals surface area contributed by atoms with Crippen LogP contribution in [0.1, 0.15) is 0 Å². The summed E-state index contributed by atoms with van der Waals surface area (Å²) in [5.41, 5.74) is -0.563. The second kappa shape index (κ2) is 4.65. The molecule has 1 N–H and O–H groups in total. The van der Waals surface area contributed by atoms with Crippen molar-refractivity contribution in [2.75, 3.05) is 12.7 Å². The molecule has 0 fully saturated rings. The van der Waals surface area contributed by atoms with Gasteiger partial charge in [0.1, 0.15) is 12.4 Å². The van der Waals surface area contributed by atoms with Crippen LogP contribution < -0.4 is 0 Å². The molecule has 0 saturated heterocycles. The van der Waals surface area contributed by atoms with E-state index < -0.39 is 5.56 Å². The van der Waals surface area contributed by atoms with E-state index in [0.717, 1.165) is 0 Å². The average Bonchev–Trinajstić information content (AvgIpc) is 1.68. The first kappa shape index (κ1) is 7.50. The Labute approximate surface area is 52.0 Å². The Balaban J connectivity index is 2.83. The maximum atomic E-state index is 8.00. The zero-order valence-electron chi connectivity index (χ0n) is 3.60. The molecule has 0 radical (unpaired) electrons. The fourth-order valence-electron chi connectivity index (χ4n) is 0.125. The lowest BCUT2D eigenvalue weighted by atomic mass is 10.8. The molecule has 0 amide bonds. The first-order valence-corrected chi connectivity index (χ1v) is 2.71. The van der Waals surface area contributed by atoms with Gasteiger partial charge >= 0.3 is 0 Å². The van der Waals surface area contributed by atoms with E-state index in [4.69, 9.17) is 28.3 Å². The summed E-state index contributed by atoms with van der Waals surface area (Å²) < 4.78 is 4.38. The number of rotatable bonds is 3. The molecule has 44 valence electrons. The number of ether oxygens (including phenoxy) is 1. The van der Waals surface area contributed by atoms with Crippen LogP contribution in [0.3, 0.4) is 0 Å². The highest BCUT2D eigenvalue weighted by molar-refractivity contribution is 6.27. The van der Waals surface area contributed by atoms with Crippen LogP contribution in [-0.2, 0) is 4.74 Å². The molecule has 0 aliphatic rings. The van der Waals surface area contributed by atoms with Crippen LogP contribution >= 0.6 is 23.2 Å². The van der Waals surface area contributed by atoms with Crippen LogP contribution in [0, 0.1) is 0 Å². The molecule has 0 aromatic carbocycles. The largest absolute Gasteiger partial charge is 0.371 e. The molecule has 0 saturated carbocycles. The van der Waals surface area contributed by atoms with E-state index in [1.54, 1.807) is 0 Å². The summed E-state index contributed by atoms with van der Waals surface area (Å²) in [6.45, 7) is -0.374. The van der Waals surface area contributed by atoms with E-state index in [1.807, 2.05) is 0 Å². The minimum Gasteiger partial charge on any atom is -0.371 e. The van der Waals surface area contributed by atoms with Crippen molar-refractivity contribution in [3.63, 3.8) is 0 Å². The molecular formula is C3H6Cl2O2. The Morgan fingerprint density at radius 1 is 1.71 bits per heavy atom. The van der Waals surface area contributed by atoms with Gasteiger partial charge in [0.05, 0.1) is 5.88 Å². The lowest BCUT2D eigenvalue weighted by Crippen LogP contribution is -2.06. The summed E-state index contributed by atoms with van der Waals surface area (Å²) >= 11 is 10.4. The van der Waals surface area contributed by atoms with Gasteiger partial charge in [-0.25, -0.2) is 0 Å². The maximum Gasteiger partial charge on any atom is 0.147 e. The molecule has 0 rings (SSSR count). The van der Waals surface area contributed by atoms with Gasteiger partial charge in [0.25, 0.3) is 0 Å². The van der Waals surface area contributed by atoms with Crippen molar-refractivity contribution in [3.05, 3.63) is 0 Å². The smallest absolute Gasteiger partial charge is 0.147 e. The zero-order valence-corrected chi connectivity index (χ0v) is 5.11. The van der Waals surface area contributed by atoms with E-state index in [9.17, 15) is 0 Å². The van der Waals surface area contributed by atoms with Crippen molar-refractivity contribution in [3.8, 4) is 0 Å². The monoisotopic (exact) mass is 144 g/mol. The molecule has 0 aromatic rings. The Kier molecular flexibility index (Phi) is 4.99. The van der Waals surface area contributed by atoms with E-state index in [2.05, 4.69) is 4.74 Å². The van der Waals surface area contributed by atoms with Gasteiger partial charge in [-0.3, -0.25) is 0 Å². The Hall–Kier alpha value is 0.500. The van der Waals surface area contributed by atoms with E-state index in [1.165, 1.54) is 0 Å². The number of hydrogen-bond acceptors (Lipinski definition) is 2. The molecule has 4 heteroatoms. The van der Waals surface area contributed by atoms with Gasteiger partial charge in [0.2, 0.25) is 0 Å². The van der Waals surface area contributed by atoms with E-state index in [0.29, 0.717) is 0 Å². The van der Waals surface area contributed by atoms with Gasteiger partial charge in [-0.05, 0) is 0 Å². The van der Waals surface area contributed by atoms with Crippen LogP contribution in [0.15, 0.2) is 0 Å². The minimum atomic E-state index is -0.563. The molecule has 7 heavy (non-hydrogen) atoms. The van der Waals surface area contributed by atoms with Crippen molar-refractivity contribution in [2.24, 2.45) is 0 Å². The Morgan fingerprint density at radius 2 is 2.29 bits per heavy atom. The highest BCUT2D eigenvalue weighted by Gasteiger charge is 1.97. The summed E-state index contributed by atoms with van der Waals surface area (Å²) in [5, 5.41) is 8.00. The average molecular weight is 145 g/mol. The number of alkyl halides is 2. The SMILES string of the molecule is OCOC(Cl)CCl. The van der Waals surface area contributed by atoms with Crippen molar-refractivity contribution < 1.29 is 9.84 Å². The molecule has 0 spiro atoms. The summed E-state index contributed by atoms with van der Waals surface area (Å²) in [5.74, 6) is 0.197. The highest BCUT2D eigenvalue weighted by atomic mass is 35.5. The molecule has 2 nitrogen and oxygen atoms in total. The first-order valence-electron chi connectivity index (χ1n) is 1.73. The van der Waals surface area contributed by atoms with Crippen LogP contribution in [0.4, 0.5) is 0 Å².